The first-order valence-electron chi connectivity index (χ1n) is 10.6. The summed E-state index contributed by atoms with van der Waals surface area (Å²) in [5, 5.41) is 7.64. The molecule has 1 heterocycles. The maximum absolute atomic E-state index is 13.2. The van der Waals surface area contributed by atoms with Crippen molar-refractivity contribution in [3.8, 4) is 0 Å². The first-order valence-corrected chi connectivity index (χ1v) is 11.5. The molecule has 0 spiro atoms. The minimum Gasteiger partial charge on any atom is -0.352 e. The summed E-state index contributed by atoms with van der Waals surface area (Å²) in [5.74, 6) is -1.25. The number of nitrogens with one attached hydrogen (secondary N) is 2. The molecule has 0 atom stereocenters. The van der Waals surface area contributed by atoms with Crippen LogP contribution in [0.15, 0.2) is 60.0 Å². The Balaban J connectivity index is 1.29. The fraction of sp³-hybridized carbons (Fsp3) is 0.250. The summed E-state index contributed by atoms with van der Waals surface area (Å²) in [6.45, 7) is 0.319. The van der Waals surface area contributed by atoms with E-state index in [-0.39, 0.29) is 36.7 Å². The summed E-state index contributed by atoms with van der Waals surface area (Å²) in [6.07, 6.45) is 1.77. The van der Waals surface area contributed by atoms with Gasteiger partial charge in [0.15, 0.2) is 5.13 Å². The molecule has 3 aromatic rings. The van der Waals surface area contributed by atoms with Crippen molar-refractivity contribution in [1.29, 1.82) is 0 Å². The standard InChI is InChI=1S/C24H23FN4O3S/c25-18-8-6-17(7-9-18)23(32)29(20-10-11-20)14-22(31)28-24-27-19(15-33-24)12-21(30)26-13-16-4-2-1-3-5-16/h1-9,15,20H,10-14H2,(H,26,30)(H,27,28,31). The quantitative estimate of drug-likeness (QED) is 0.506. The minimum atomic E-state index is -0.421. The van der Waals surface area contributed by atoms with E-state index in [1.165, 1.54) is 40.5 Å². The van der Waals surface area contributed by atoms with Crippen LogP contribution in [-0.2, 0) is 22.6 Å². The lowest BCUT2D eigenvalue weighted by Crippen LogP contribution is -2.39. The summed E-state index contributed by atoms with van der Waals surface area (Å²) in [5.41, 5.74) is 1.91. The van der Waals surface area contributed by atoms with Crippen molar-refractivity contribution in [2.75, 3.05) is 11.9 Å². The lowest BCUT2D eigenvalue weighted by atomic mass is 10.2. The number of thiazole rings is 1. The van der Waals surface area contributed by atoms with Crippen molar-refractivity contribution >= 4 is 34.2 Å². The Kier molecular flexibility index (Phi) is 7.09. The molecule has 2 N–H and O–H groups in total. The maximum atomic E-state index is 13.2. The van der Waals surface area contributed by atoms with Crippen molar-refractivity contribution < 1.29 is 18.8 Å². The molecule has 1 aliphatic rings. The molecule has 2 aromatic carbocycles. The highest BCUT2D eigenvalue weighted by molar-refractivity contribution is 7.13. The van der Waals surface area contributed by atoms with Gasteiger partial charge in [-0.2, -0.15) is 0 Å². The molecule has 9 heteroatoms. The smallest absolute Gasteiger partial charge is 0.254 e. The number of hydrogen-bond donors (Lipinski definition) is 2. The second-order valence-corrected chi connectivity index (χ2v) is 8.66. The topological polar surface area (TPSA) is 91.4 Å². The van der Waals surface area contributed by atoms with Crippen LogP contribution in [0.25, 0.3) is 0 Å². The Morgan fingerprint density at radius 2 is 1.76 bits per heavy atom. The van der Waals surface area contributed by atoms with E-state index in [1.807, 2.05) is 30.3 Å². The van der Waals surface area contributed by atoms with Gasteiger partial charge in [0.25, 0.3) is 5.91 Å². The largest absolute Gasteiger partial charge is 0.352 e. The van der Waals surface area contributed by atoms with Crippen LogP contribution in [0.5, 0.6) is 0 Å². The van der Waals surface area contributed by atoms with Gasteiger partial charge in [0.05, 0.1) is 12.1 Å². The normalized spacial score (nSPS) is 12.8. The molecule has 4 rings (SSSR count). The molecule has 1 saturated carbocycles. The van der Waals surface area contributed by atoms with Gasteiger partial charge in [0.2, 0.25) is 11.8 Å². The van der Waals surface area contributed by atoms with Crippen molar-refractivity contribution in [2.24, 2.45) is 0 Å². The lowest BCUT2D eigenvalue weighted by Gasteiger charge is -2.21. The number of aromatic nitrogens is 1. The fourth-order valence-corrected chi connectivity index (χ4v) is 4.02. The predicted octanol–water partition coefficient (Wildman–Crippen LogP) is 3.38. The summed E-state index contributed by atoms with van der Waals surface area (Å²) in [6, 6.07) is 14.9. The number of amides is 3. The molecule has 1 aromatic heterocycles. The van der Waals surface area contributed by atoms with Crippen molar-refractivity contribution in [3.63, 3.8) is 0 Å². The average Bonchev–Trinajstić information content (AvgIpc) is 3.57. The zero-order chi connectivity index (χ0) is 23.2. The van der Waals surface area contributed by atoms with E-state index in [0.29, 0.717) is 22.9 Å². The van der Waals surface area contributed by atoms with Crippen LogP contribution < -0.4 is 10.6 Å². The molecule has 33 heavy (non-hydrogen) atoms. The van der Waals surface area contributed by atoms with Gasteiger partial charge < -0.3 is 15.5 Å². The van der Waals surface area contributed by atoms with E-state index in [1.54, 1.807) is 5.38 Å². The Hall–Kier alpha value is -3.59. The Bertz CT molecular complexity index is 1130. The zero-order valence-corrected chi connectivity index (χ0v) is 18.6. The minimum absolute atomic E-state index is 0.00784. The van der Waals surface area contributed by atoms with Crippen LogP contribution in [0.2, 0.25) is 0 Å². The van der Waals surface area contributed by atoms with E-state index in [0.717, 1.165) is 18.4 Å². The highest BCUT2D eigenvalue weighted by atomic mass is 32.1. The van der Waals surface area contributed by atoms with Crippen LogP contribution in [0.1, 0.15) is 34.5 Å². The Labute approximate surface area is 194 Å². The SMILES string of the molecule is O=C(Cc1csc(NC(=O)CN(C(=O)c2ccc(F)cc2)C2CC2)n1)NCc1ccccc1. The third kappa shape index (κ3) is 6.45. The molecule has 0 bridgehead atoms. The van der Waals surface area contributed by atoms with Crippen LogP contribution >= 0.6 is 11.3 Å². The van der Waals surface area contributed by atoms with Gasteiger partial charge in [-0.15, -0.1) is 11.3 Å². The monoisotopic (exact) mass is 466 g/mol. The van der Waals surface area contributed by atoms with E-state index in [2.05, 4.69) is 15.6 Å². The lowest BCUT2D eigenvalue weighted by molar-refractivity contribution is -0.120. The molecule has 3 amide bonds. The van der Waals surface area contributed by atoms with Crippen molar-refractivity contribution in [3.05, 3.63) is 82.6 Å². The molecule has 7 nitrogen and oxygen atoms in total. The van der Waals surface area contributed by atoms with Crippen LogP contribution in [-0.4, -0.2) is 40.2 Å². The Morgan fingerprint density at radius 3 is 2.45 bits per heavy atom. The maximum Gasteiger partial charge on any atom is 0.254 e. The van der Waals surface area contributed by atoms with Gasteiger partial charge in [-0.3, -0.25) is 14.4 Å². The highest BCUT2D eigenvalue weighted by Crippen LogP contribution is 2.28. The van der Waals surface area contributed by atoms with Gasteiger partial charge in [-0.1, -0.05) is 30.3 Å². The first-order chi connectivity index (χ1) is 16.0. The third-order valence-corrected chi connectivity index (χ3v) is 5.93. The summed E-state index contributed by atoms with van der Waals surface area (Å²) in [7, 11) is 0. The Morgan fingerprint density at radius 1 is 1.03 bits per heavy atom. The average molecular weight is 467 g/mol. The number of carbonyl (C=O) groups is 3. The summed E-state index contributed by atoms with van der Waals surface area (Å²) < 4.78 is 13.2. The van der Waals surface area contributed by atoms with Crippen LogP contribution in [0, 0.1) is 5.82 Å². The number of hydrogen-bond acceptors (Lipinski definition) is 5. The highest BCUT2D eigenvalue weighted by Gasteiger charge is 2.34. The third-order valence-electron chi connectivity index (χ3n) is 5.13. The van der Waals surface area contributed by atoms with E-state index < -0.39 is 5.82 Å². The molecule has 0 saturated heterocycles. The van der Waals surface area contributed by atoms with Gasteiger partial charge in [0.1, 0.15) is 12.4 Å². The molecule has 1 aliphatic carbocycles. The predicted molar refractivity (Wildman–Crippen MR) is 123 cm³/mol. The van der Waals surface area contributed by atoms with E-state index >= 15 is 0 Å². The number of nitrogens with zero attached hydrogens (tertiary/aromatic N) is 2. The first kappa shape index (κ1) is 22.6. The number of halogens is 1. The number of anilines is 1. The van der Waals surface area contributed by atoms with E-state index in [9.17, 15) is 18.8 Å². The van der Waals surface area contributed by atoms with Crippen LogP contribution in [0.4, 0.5) is 9.52 Å². The second-order valence-electron chi connectivity index (χ2n) is 7.80. The van der Waals surface area contributed by atoms with Gasteiger partial charge >= 0.3 is 0 Å². The molecule has 0 unspecified atom stereocenters. The number of carbonyl (C=O) groups excluding carboxylic acids is 3. The number of rotatable bonds is 9. The van der Waals surface area contributed by atoms with Crippen molar-refractivity contribution in [2.45, 2.75) is 31.8 Å². The van der Waals surface area contributed by atoms with Gasteiger partial charge in [-0.25, -0.2) is 9.37 Å². The molecular weight excluding hydrogens is 443 g/mol. The summed E-state index contributed by atoms with van der Waals surface area (Å²) >= 11 is 1.22. The molecule has 0 radical (unpaired) electrons. The van der Waals surface area contributed by atoms with Gasteiger partial charge in [0, 0.05) is 23.5 Å². The van der Waals surface area contributed by atoms with Gasteiger partial charge in [-0.05, 0) is 42.7 Å². The van der Waals surface area contributed by atoms with E-state index in [4.69, 9.17) is 0 Å². The van der Waals surface area contributed by atoms with Crippen molar-refractivity contribution in [1.82, 2.24) is 15.2 Å². The molecule has 170 valence electrons. The molecule has 1 fully saturated rings. The second kappa shape index (κ2) is 10.4. The summed E-state index contributed by atoms with van der Waals surface area (Å²) in [4.78, 5) is 43.3. The molecule has 0 aliphatic heterocycles. The number of benzene rings is 2. The van der Waals surface area contributed by atoms with Crippen LogP contribution in [0.3, 0.4) is 0 Å². The molecular formula is C24H23FN4O3S. The fourth-order valence-electron chi connectivity index (χ4n) is 3.29. The zero-order valence-electron chi connectivity index (χ0n) is 17.8.